The number of rotatable bonds is 3. The molecule has 1 atom stereocenters. The molecule has 120 valence electrons. The molecule has 1 aromatic heterocycles. The number of pyridine rings is 1. The van der Waals surface area contributed by atoms with Crippen molar-refractivity contribution in [3.8, 4) is 0 Å². The summed E-state index contributed by atoms with van der Waals surface area (Å²) in [5, 5.41) is 6.23. The molecule has 2 N–H and O–H groups in total. The Hall–Kier alpha value is -2.47. The van der Waals surface area contributed by atoms with E-state index in [1.54, 1.807) is 41.4 Å². The van der Waals surface area contributed by atoms with Crippen LogP contribution >= 0.6 is 0 Å². The second-order valence-corrected chi connectivity index (χ2v) is 5.61. The maximum absolute atomic E-state index is 13.8. The van der Waals surface area contributed by atoms with Crippen LogP contribution in [0.4, 0.5) is 15.9 Å². The molecule has 1 unspecified atom stereocenters. The number of aromatic nitrogens is 1. The van der Waals surface area contributed by atoms with E-state index < -0.39 is 0 Å². The molecule has 23 heavy (non-hydrogen) atoms. The lowest BCUT2D eigenvalue weighted by atomic mass is 10.1. The maximum atomic E-state index is 13.8. The van der Waals surface area contributed by atoms with Crippen LogP contribution in [0.1, 0.15) is 17.3 Å². The van der Waals surface area contributed by atoms with Crippen molar-refractivity contribution in [2.45, 2.75) is 13.0 Å². The van der Waals surface area contributed by atoms with E-state index in [1.165, 1.54) is 6.07 Å². The molecule has 6 heteroatoms. The van der Waals surface area contributed by atoms with Crippen molar-refractivity contribution in [1.82, 2.24) is 15.2 Å². The summed E-state index contributed by atoms with van der Waals surface area (Å²) < 4.78 is 13.8. The standard InChI is InChI=1S/C17H19FN4O/c1-12-11-22(10-9-19-12)17(23)13-5-4-8-20-16(13)21-15-7-3-2-6-14(15)18/h2-8,12,19H,9-11H2,1H3,(H,20,21). The van der Waals surface area contributed by atoms with Gasteiger partial charge in [-0.25, -0.2) is 9.37 Å². The smallest absolute Gasteiger partial charge is 0.257 e. The molecule has 1 aliphatic heterocycles. The predicted octanol–water partition coefficient (Wildman–Crippen LogP) is 2.40. The summed E-state index contributed by atoms with van der Waals surface area (Å²) in [7, 11) is 0. The van der Waals surface area contributed by atoms with Crippen LogP contribution in [-0.4, -0.2) is 41.5 Å². The van der Waals surface area contributed by atoms with E-state index in [1.807, 2.05) is 6.92 Å². The van der Waals surface area contributed by atoms with Crippen molar-refractivity contribution in [1.29, 1.82) is 0 Å². The Kier molecular flexibility index (Phi) is 4.52. The summed E-state index contributed by atoms with van der Waals surface area (Å²) in [6.07, 6.45) is 1.58. The van der Waals surface area contributed by atoms with E-state index in [2.05, 4.69) is 15.6 Å². The molecule has 3 rings (SSSR count). The summed E-state index contributed by atoms with van der Waals surface area (Å²) in [5.41, 5.74) is 0.749. The lowest BCUT2D eigenvalue weighted by molar-refractivity contribution is 0.0710. The Balaban J connectivity index is 1.86. The summed E-state index contributed by atoms with van der Waals surface area (Å²) in [4.78, 5) is 18.8. The lowest BCUT2D eigenvalue weighted by Gasteiger charge is -2.32. The van der Waals surface area contributed by atoms with E-state index in [0.717, 1.165) is 6.54 Å². The fourth-order valence-electron chi connectivity index (χ4n) is 2.65. The van der Waals surface area contributed by atoms with Gasteiger partial charge in [-0.1, -0.05) is 12.1 Å². The Bertz CT molecular complexity index is 706. The van der Waals surface area contributed by atoms with Crippen molar-refractivity contribution >= 4 is 17.4 Å². The zero-order valence-corrected chi connectivity index (χ0v) is 12.9. The molecule has 1 amide bonds. The van der Waals surface area contributed by atoms with Gasteiger partial charge in [-0.3, -0.25) is 4.79 Å². The Morgan fingerprint density at radius 2 is 2.17 bits per heavy atom. The van der Waals surface area contributed by atoms with Gasteiger partial charge < -0.3 is 15.5 Å². The van der Waals surface area contributed by atoms with Gasteiger partial charge in [0.25, 0.3) is 5.91 Å². The number of piperazine rings is 1. The molecule has 2 aromatic rings. The molecule has 1 saturated heterocycles. The first-order valence-electron chi connectivity index (χ1n) is 7.64. The van der Waals surface area contributed by atoms with Gasteiger partial charge in [-0.2, -0.15) is 0 Å². The molecule has 0 spiro atoms. The molecule has 0 aliphatic carbocycles. The summed E-state index contributed by atoms with van der Waals surface area (Å²) in [6.45, 7) is 4.11. The number of carbonyl (C=O) groups is 1. The van der Waals surface area contributed by atoms with Crippen molar-refractivity contribution < 1.29 is 9.18 Å². The van der Waals surface area contributed by atoms with Crippen LogP contribution in [-0.2, 0) is 0 Å². The fourth-order valence-corrected chi connectivity index (χ4v) is 2.65. The minimum atomic E-state index is -0.382. The number of hydrogen-bond donors (Lipinski definition) is 2. The fraction of sp³-hybridized carbons (Fsp3) is 0.294. The van der Waals surface area contributed by atoms with Crippen molar-refractivity contribution in [3.05, 3.63) is 54.0 Å². The van der Waals surface area contributed by atoms with Crippen LogP contribution in [0.25, 0.3) is 0 Å². The molecule has 0 radical (unpaired) electrons. The van der Waals surface area contributed by atoms with E-state index in [4.69, 9.17) is 0 Å². The van der Waals surface area contributed by atoms with Gasteiger partial charge in [0, 0.05) is 31.9 Å². The first kappa shape index (κ1) is 15.4. The summed E-state index contributed by atoms with van der Waals surface area (Å²) in [5.74, 6) is -0.105. The monoisotopic (exact) mass is 314 g/mol. The SMILES string of the molecule is CC1CN(C(=O)c2cccnc2Nc2ccccc2F)CCN1. The van der Waals surface area contributed by atoms with Crippen LogP contribution in [0.3, 0.4) is 0 Å². The Labute approximate surface area is 134 Å². The first-order chi connectivity index (χ1) is 11.1. The minimum Gasteiger partial charge on any atom is -0.337 e. The normalized spacial score (nSPS) is 17.8. The number of carbonyl (C=O) groups excluding carboxylic acids is 1. The third-order valence-corrected chi connectivity index (χ3v) is 3.82. The highest BCUT2D eigenvalue weighted by atomic mass is 19.1. The topological polar surface area (TPSA) is 57.3 Å². The Morgan fingerprint density at radius 3 is 2.96 bits per heavy atom. The number of halogens is 1. The molecular formula is C17H19FN4O. The second-order valence-electron chi connectivity index (χ2n) is 5.61. The molecule has 2 heterocycles. The van der Waals surface area contributed by atoms with Crippen LogP contribution < -0.4 is 10.6 Å². The predicted molar refractivity (Wildman–Crippen MR) is 87.3 cm³/mol. The molecule has 1 fully saturated rings. The first-order valence-corrected chi connectivity index (χ1v) is 7.64. The third kappa shape index (κ3) is 3.48. The number of nitrogens with zero attached hydrogens (tertiary/aromatic N) is 2. The molecule has 5 nitrogen and oxygen atoms in total. The third-order valence-electron chi connectivity index (χ3n) is 3.82. The number of para-hydroxylation sites is 1. The van der Waals surface area contributed by atoms with E-state index in [-0.39, 0.29) is 17.8 Å². The molecule has 0 bridgehead atoms. The highest BCUT2D eigenvalue weighted by Gasteiger charge is 2.24. The highest BCUT2D eigenvalue weighted by Crippen LogP contribution is 2.22. The highest BCUT2D eigenvalue weighted by molar-refractivity contribution is 5.99. The van der Waals surface area contributed by atoms with Gasteiger partial charge in [0.15, 0.2) is 0 Å². The largest absolute Gasteiger partial charge is 0.337 e. The van der Waals surface area contributed by atoms with Gasteiger partial charge in [0.2, 0.25) is 0 Å². The Morgan fingerprint density at radius 1 is 1.35 bits per heavy atom. The average molecular weight is 314 g/mol. The number of amides is 1. The van der Waals surface area contributed by atoms with Crippen molar-refractivity contribution in [2.24, 2.45) is 0 Å². The van der Waals surface area contributed by atoms with E-state index in [0.29, 0.717) is 30.2 Å². The van der Waals surface area contributed by atoms with Gasteiger partial charge >= 0.3 is 0 Å². The quantitative estimate of drug-likeness (QED) is 0.913. The molecule has 1 aromatic carbocycles. The minimum absolute atomic E-state index is 0.0923. The number of nitrogens with one attached hydrogen (secondary N) is 2. The van der Waals surface area contributed by atoms with Crippen molar-refractivity contribution in [3.63, 3.8) is 0 Å². The molecular weight excluding hydrogens is 295 g/mol. The van der Waals surface area contributed by atoms with Gasteiger partial charge in [-0.15, -0.1) is 0 Å². The zero-order chi connectivity index (χ0) is 16.2. The van der Waals surface area contributed by atoms with Crippen molar-refractivity contribution in [2.75, 3.05) is 25.0 Å². The van der Waals surface area contributed by atoms with Crippen LogP contribution in [0.2, 0.25) is 0 Å². The van der Waals surface area contributed by atoms with Crippen LogP contribution in [0.5, 0.6) is 0 Å². The van der Waals surface area contributed by atoms with E-state index in [9.17, 15) is 9.18 Å². The van der Waals surface area contributed by atoms with E-state index >= 15 is 0 Å². The lowest BCUT2D eigenvalue weighted by Crippen LogP contribution is -2.51. The van der Waals surface area contributed by atoms with Gasteiger partial charge in [0.1, 0.15) is 11.6 Å². The van der Waals surface area contributed by atoms with Crippen LogP contribution in [0, 0.1) is 5.82 Å². The van der Waals surface area contributed by atoms with Crippen LogP contribution in [0.15, 0.2) is 42.6 Å². The number of hydrogen-bond acceptors (Lipinski definition) is 4. The summed E-state index contributed by atoms with van der Waals surface area (Å²) >= 11 is 0. The maximum Gasteiger partial charge on any atom is 0.257 e. The summed E-state index contributed by atoms with van der Waals surface area (Å²) in [6, 6.07) is 10.0. The number of benzene rings is 1. The average Bonchev–Trinajstić information content (AvgIpc) is 2.57. The van der Waals surface area contributed by atoms with Gasteiger partial charge in [0.05, 0.1) is 11.3 Å². The van der Waals surface area contributed by atoms with Gasteiger partial charge in [-0.05, 0) is 31.2 Å². The second kappa shape index (κ2) is 6.75. The molecule has 0 saturated carbocycles. The number of anilines is 2. The zero-order valence-electron chi connectivity index (χ0n) is 12.9. The molecule has 1 aliphatic rings.